The minimum absolute atomic E-state index is 0.306. The third-order valence-electron chi connectivity index (χ3n) is 3.55. The predicted octanol–water partition coefficient (Wildman–Crippen LogP) is -0.150. The van der Waals surface area contributed by atoms with Crippen molar-refractivity contribution in [3.05, 3.63) is 20.8 Å². The highest BCUT2D eigenvalue weighted by atomic mass is 16.2. The van der Waals surface area contributed by atoms with E-state index in [1.807, 2.05) is 4.57 Å². The molecule has 0 atom stereocenters. The minimum Gasteiger partial charge on any atom is -0.356 e. The minimum atomic E-state index is -0.373. The molecule has 0 unspecified atom stereocenters. The quantitative estimate of drug-likeness (QED) is 0.723. The summed E-state index contributed by atoms with van der Waals surface area (Å²) in [5.74, 6) is 0.960. The summed E-state index contributed by atoms with van der Waals surface area (Å²) in [7, 11) is 3.12. The Hall–Kier alpha value is -2.09. The Morgan fingerprint density at radius 2 is 1.91 bits per heavy atom. The summed E-state index contributed by atoms with van der Waals surface area (Å²) >= 11 is 0. The monoisotopic (exact) mass is 308 g/mol. The number of hydrogen-bond donors (Lipinski definition) is 2. The van der Waals surface area contributed by atoms with Crippen molar-refractivity contribution >= 4 is 17.1 Å². The number of nitrogens with zero attached hydrogens (tertiary/aromatic N) is 4. The second-order valence-corrected chi connectivity index (χ2v) is 5.89. The fraction of sp³-hybridized carbons (Fsp3) is 0.643. The van der Waals surface area contributed by atoms with Gasteiger partial charge in [-0.1, -0.05) is 13.8 Å². The van der Waals surface area contributed by atoms with Gasteiger partial charge >= 0.3 is 5.69 Å². The average Bonchev–Trinajstić information content (AvgIpc) is 2.81. The number of aromatic nitrogens is 4. The Labute approximate surface area is 128 Å². The SMILES string of the molecule is CC(C)Cn1c(NCCCN)nc2c(=O)n(C)c(=O)n(C)c21. The lowest BCUT2D eigenvalue weighted by Crippen LogP contribution is -2.37. The maximum atomic E-state index is 12.3. The zero-order chi connectivity index (χ0) is 16.4. The fourth-order valence-electron chi connectivity index (χ4n) is 2.46. The van der Waals surface area contributed by atoms with Crippen LogP contribution >= 0.6 is 0 Å². The highest BCUT2D eigenvalue weighted by Gasteiger charge is 2.19. The molecule has 8 heteroatoms. The van der Waals surface area contributed by atoms with Crippen molar-refractivity contribution in [1.82, 2.24) is 18.7 Å². The summed E-state index contributed by atoms with van der Waals surface area (Å²) in [5.41, 5.74) is 5.64. The van der Waals surface area contributed by atoms with Gasteiger partial charge in [-0.2, -0.15) is 0 Å². The number of aryl methyl sites for hydroxylation is 1. The lowest BCUT2D eigenvalue weighted by Gasteiger charge is -2.14. The summed E-state index contributed by atoms with van der Waals surface area (Å²) in [6.45, 7) is 6.08. The molecular weight excluding hydrogens is 284 g/mol. The smallest absolute Gasteiger partial charge is 0.332 e. The van der Waals surface area contributed by atoms with Gasteiger partial charge in [-0.3, -0.25) is 18.5 Å². The van der Waals surface area contributed by atoms with E-state index in [0.717, 1.165) is 11.0 Å². The van der Waals surface area contributed by atoms with Crippen LogP contribution < -0.4 is 22.3 Å². The predicted molar refractivity (Wildman–Crippen MR) is 87.2 cm³/mol. The van der Waals surface area contributed by atoms with Crippen molar-refractivity contribution in [2.45, 2.75) is 26.8 Å². The average molecular weight is 308 g/mol. The topological polar surface area (TPSA) is 99.9 Å². The summed E-state index contributed by atoms with van der Waals surface area (Å²) in [6.07, 6.45) is 0.807. The zero-order valence-corrected chi connectivity index (χ0v) is 13.6. The highest BCUT2D eigenvalue weighted by Crippen LogP contribution is 2.17. The third-order valence-corrected chi connectivity index (χ3v) is 3.55. The van der Waals surface area contributed by atoms with Crippen molar-refractivity contribution in [3.8, 4) is 0 Å². The molecule has 0 saturated carbocycles. The Morgan fingerprint density at radius 3 is 2.50 bits per heavy atom. The second-order valence-electron chi connectivity index (χ2n) is 5.89. The van der Waals surface area contributed by atoms with Crippen LogP contribution in [0.3, 0.4) is 0 Å². The number of anilines is 1. The van der Waals surface area contributed by atoms with E-state index in [1.165, 1.54) is 11.6 Å². The number of fused-ring (bicyclic) bond motifs is 1. The number of nitrogens with one attached hydrogen (secondary N) is 1. The maximum absolute atomic E-state index is 12.3. The first-order valence-corrected chi connectivity index (χ1v) is 7.48. The van der Waals surface area contributed by atoms with Crippen LogP contribution in [0, 0.1) is 5.92 Å². The van der Waals surface area contributed by atoms with Gasteiger partial charge in [0.15, 0.2) is 11.2 Å². The molecule has 2 aromatic heterocycles. The van der Waals surface area contributed by atoms with E-state index in [-0.39, 0.29) is 11.2 Å². The Kier molecular flexibility index (Phi) is 4.70. The molecule has 0 radical (unpaired) electrons. The van der Waals surface area contributed by atoms with Gasteiger partial charge in [-0.25, -0.2) is 9.78 Å². The van der Waals surface area contributed by atoms with E-state index in [0.29, 0.717) is 42.7 Å². The van der Waals surface area contributed by atoms with Gasteiger partial charge in [0.1, 0.15) is 0 Å². The van der Waals surface area contributed by atoms with Crippen molar-refractivity contribution in [2.24, 2.45) is 25.7 Å². The van der Waals surface area contributed by atoms with Crippen molar-refractivity contribution < 1.29 is 0 Å². The van der Waals surface area contributed by atoms with Crippen LogP contribution in [-0.4, -0.2) is 31.8 Å². The molecule has 2 rings (SSSR count). The molecule has 8 nitrogen and oxygen atoms in total. The molecule has 0 bridgehead atoms. The molecule has 0 amide bonds. The van der Waals surface area contributed by atoms with Crippen LogP contribution in [0.4, 0.5) is 5.95 Å². The largest absolute Gasteiger partial charge is 0.356 e. The summed E-state index contributed by atoms with van der Waals surface area (Å²) in [5, 5.41) is 3.21. The van der Waals surface area contributed by atoms with Gasteiger partial charge in [-0.15, -0.1) is 0 Å². The molecule has 22 heavy (non-hydrogen) atoms. The van der Waals surface area contributed by atoms with Crippen LogP contribution in [0.5, 0.6) is 0 Å². The molecule has 0 spiro atoms. The lowest BCUT2D eigenvalue weighted by molar-refractivity contribution is 0.527. The van der Waals surface area contributed by atoms with Gasteiger partial charge in [0.05, 0.1) is 0 Å². The van der Waals surface area contributed by atoms with Gasteiger partial charge < -0.3 is 11.1 Å². The standard InChI is InChI=1S/C14H24N6O2/c1-9(2)8-20-11-10(17-13(20)16-7-5-6-15)12(21)19(4)14(22)18(11)3/h9H,5-8,15H2,1-4H3,(H,16,17). The van der Waals surface area contributed by atoms with Crippen LogP contribution in [0.15, 0.2) is 9.59 Å². The fourth-order valence-corrected chi connectivity index (χ4v) is 2.46. The molecule has 122 valence electrons. The first kappa shape index (κ1) is 16.3. The zero-order valence-electron chi connectivity index (χ0n) is 13.6. The molecule has 2 aromatic rings. The van der Waals surface area contributed by atoms with Gasteiger partial charge in [0.25, 0.3) is 5.56 Å². The maximum Gasteiger partial charge on any atom is 0.332 e. The lowest BCUT2D eigenvalue weighted by atomic mass is 10.2. The number of rotatable bonds is 6. The van der Waals surface area contributed by atoms with Crippen molar-refractivity contribution in [2.75, 3.05) is 18.4 Å². The first-order valence-electron chi connectivity index (χ1n) is 7.48. The molecule has 3 N–H and O–H groups in total. The number of nitrogens with two attached hydrogens (primary N) is 1. The van der Waals surface area contributed by atoms with E-state index in [9.17, 15) is 9.59 Å². The summed E-state index contributed by atoms with van der Waals surface area (Å²) in [6, 6.07) is 0. The molecule has 0 aromatic carbocycles. The third kappa shape index (κ3) is 2.78. The van der Waals surface area contributed by atoms with E-state index < -0.39 is 0 Å². The summed E-state index contributed by atoms with van der Waals surface area (Å²) < 4.78 is 4.46. The van der Waals surface area contributed by atoms with Gasteiger partial charge in [0.2, 0.25) is 5.95 Å². The molecule has 2 heterocycles. The molecule has 0 saturated heterocycles. The van der Waals surface area contributed by atoms with Gasteiger partial charge in [0, 0.05) is 27.2 Å². The Balaban J connectivity index is 2.69. The van der Waals surface area contributed by atoms with Crippen LogP contribution in [0.1, 0.15) is 20.3 Å². The second kappa shape index (κ2) is 6.35. The number of hydrogen-bond acceptors (Lipinski definition) is 5. The molecular formula is C14H24N6O2. The van der Waals surface area contributed by atoms with Crippen LogP contribution in [0.25, 0.3) is 11.2 Å². The molecule has 0 fully saturated rings. The van der Waals surface area contributed by atoms with Crippen LogP contribution in [-0.2, 0) is 20.6 Å². The summed E-state index contributed by atoms with van der Waals surface area (Å²) in [4.78, 5) is 28.9. The van der Waals surface area contributed by atoms with E-state index in [4.69, 9.17) is 5.73 Å². The van der Waals surface area contributed by atoms with Crippen LogP contribution in [0.2, 0.25) is 0 Å². The normalized spacial score (nSPS) is 11.5. The Bertz CT molecular complexity index is 783. The van der Waals surface area contributed by atoms with Gasteiger partial charge in [-0.05, 0) is 18.9 Å². The van der Waals surface area contributed by atoms with E-state index >= 15 is 0 Å². The first-order chi connectivity index (χ1) is 10.4. The molecule has 0 aliphatic carbocycles. The van der Waals surface area contributed by atoms with E-state index in [2.05, 4.69) is 24.1 Å². The van der Waals surface area contributed by atoms with Crippen molar-refractivity contribution in [1.29, 1.82) is 0 Å². The number of imidazole rings is 1. The Morgan fingerprint density at radius 1 is 1.23 bits per heavy atom. The van der Waals surface area contributed by atoms with E-state index in [1.54, 1.807) is 7.05 Å². The highest BCUT2D eigenvalue weighted by molar-refractivity contribution is 5.74. The van der Waals surface area contributed by atoms with Crippen molar-refractivity contribution in [3.63, 3.8) is 0 Å². The molecule has 0 aliphatic rings. The molecule has 0 aliphatic heterocycles.